The normalized spacial score (nSPS) is 33.9. The van der Waals surface area contributed by atoms with Crippen LogP contribution in [0.3, 0.4) is 0 Å². The van der Waals surface area contributed by atoms with E-state index in [-0.39, 0.29) is 0 Å². The van der Waals surface area contributed by atoms with Gasteiger partial charge in [-0.15, -0.1) is 0 Å². The molecular formula is C15H23N3. The first kappa shape index (κ1) is 11.0. The van der Waals surface area contributed by atoms with E-state index < -0.39 is 0 Å². The second-order valence-electron chi connectivity index (χ2n) is 6.31. The second kappa shape index (κ2) is 4.09. The van der Waals surface area contributed by atoms with Crippen molar-refractivity contribution < 1.29 is 0 Å². The molecule has 1 N–H and O–H groups in total. The summed E-state index contributed by atoms with van der Waals surface area (Å²) in [5.74, 6) is 3.32. The monoisotopic (exact) mass is 245 g/mol. The molecule has 2 bridgehead atoms. The molecule has 2 aliphatic carbocycles. The lowest BCUT2D eigenvalue weighted by Crippen LogP contribution is -2.27. The molecule has 3 aliphatic rings. The lowest BCUT2D eigenvalue weighted by molar-refractivity contribution is 0.315. The van der Waals surface area contributed by atoms with E-state index in [0.717, 1.165) is 37.4 Å². The topological polar surface area (TPSA) is 29.9 Å². The highest BCUT2D eigenvalue weighted by molar-refractivity contribution is 5.22. The van der Waals surface area contributed by atoms with E-state index in [1.54, 1.807) is 5.69 Å². The quantitative estimate of drug-likeness (QED) is 0.867. The lowest BCUT2D eigenvalue weighted by Gasteiger charge is -2.28. The molecule has 3 nitrogen and oxygen atoms in total. The van der Waals surface area contributed by atoms with Crippen molar-refractivity contribution in [1.82, 2.24) is 14.9 Å². The molecule has 0 amide bonds. The van der Waals surface area contributed by atoms with Gasteiger partial charge >= 0.3 is 0 Å². The fourth-order valence-electron chi connectivity index (χ4n) is 4.56. The van der Waals surface area contributed by atoms with Gasteiger partial charge in [-0.1, -0.05) is 13.3 Å². The van der Waals surface area contributed by atoms with E-state index in [2.05, 4.69) is 16.8 Å². The van der Waals surface area contributed by atoms with Gasteiger partial charge in [-0.05, 0) is 31.1 Å². The Hall–Kier alpha value is -0.830. The van der Waals surface area contributed by atoms with Crippen molar-refractivity contribution >= 4 is 0 Å². The van der Waals surface area contributed by atoms with Crippen molar-refractivity contribution in [3.63, 3.8) is 0 Å². The SMILES string of the molecule is CCc1nc2c(n1C1CC3CCC1C3)CCNC2. The van der Waals surface area contributed by atoms with Crippen molar-refractivity contribution in [2.75, 3.05) is 6.54 Å². The Balaban J connectivity index is 1.76. The zero-order valence-corrected chi connectivity index (χ0v) is 11.3. The largest absolute Gasteiger partial charge is 0.328 e. The maximum atomic E-state index is 4.90. The summed E-state index contributed by atoms with van der Waals surface area (Å²) < 4.78 is 2.67. The summed E-state index contributed by atoms with van der Waals surface area (Å²) in [6.07, 6.45) is 8.12. The number of nitrogens with one attached hydrogen (secondary N) is 1. The summed E-state index contributed by atoms with van der Waals surface area (Å²) in [5.41, 5.74) is 2.89. The Morgan fingerprint density at radius 1 is 1.33 bits per heavy atom. The van der Waals surface area contributed by atoms with Crippen LogP contribution < -0.4 is 5.32 Å². The highest BCUT2D eigenvalue weighted by atomic mass is 15.2. The molecule has 0 saturated heterocycles. The van der Waals surface area contributed by atoms with Crippen LogP contribution >= 0.6 is 0 Å². The molecule has 4 rings (SSSR count). The second-order valence-corrected chi connectivity index (χ2v) is 6.31. The maximum Gasteiger partial charge on any atom is 0.109 e. The van der Waals surface area contributed by atoms with E-state index >= 15 is 0 Å². The molecule has 1 aromatic rings. The number of rotatable bonds is 2. The molecule has 2 saturated carbocycles. The fraction of sp³-hybridized carbons (Fsp3) is 0.800. The van der Waals surface area contributed by atoms with Crippen LogP contribution in [0.1, 0.15) is 55.9 Å². The Morgan fingerprint density at radius 2 is 2.28 bits per heavy atom. The predicted octanol–water partition coefficient (Wildman–Crippen LogP) is 2.45. The Bertz CT molecular complexity index is 463. The van der Waals surface area contributed by atoms with Crippen LogP contribution in [0.4, 0.5) is 0 Å². The van der Waals surface area contributed by atoms with Gasteiger partial charge in [0.05, 0.1) is 5.69 Å². The summed E-state index contributed by atoms with van der Waals surface area (Å²) >= 11 is 0. The average Bonchev–Trinajstić information content (AvgIpc) is 3.10. The molecule has 2 fully saturated rings. The van der Waals surface area contributed by atoms with Crippen LogP contribution in [0.5, 0.6) is 0 Å². The van der Waals surface area contributed by atoms with Crippen molar-refractivity contribution in [1.29, 1.82) is 0 Å². The van der Waals surface area contributed by atoms with Crippen LogP contribution in [0.25, 0.3) is 0 Å². The lowest BCUT2D eigenvalue weighted by atomic mass is 9.94. The van der Waals surface area contributed by atoms with E-state index in [1.165, 1.54) is 43.6 Å². The first-order valence-electron chi connectivity index (χ1n) is 7.66. The molecule has 3 unspecified atom stereocenters. The molecule has 0 radical (unpaired) electrons. The zero-order valence-electron chi connectivity index (χ0n) is 11.3. The average molecular weight is 245 g/mol. The van der Waals surface area contributed by atoms with E-state index in [4.69, 9.17) is 4.98 Å². The fourth-order valence-corrected chi connectivity index (χ4v) is 4.56. The predicted molar refractivity (Wildman–Crippen MR) is 71.5 cm³/mol. The van der Waals surface area contributed by atoms with Gasteiger partial charge in [0.1, 0.15) is 5.82 Å². The Labute approximate surface area is 109 Å². The first-order chi connectivity index (χ1) is 8.86. The molecule has 1 aromatic heterocycles. The van der Waals surface area contributed by atoms with Crippen LogP contribution in [0, 0.1) is 11.8 Å². The zero-order chi connectivity index (χ0) is 12.1. The number of aromatic nitrogens is 2. The number of nitrogens with zero attached hydrogens (tertiary/aromatic N) is 2. The van der Waals surface area contributed by atoms with Gasteiger partial charge in [0, 0.05) is 37.7 Å². The highest BCUT2D eigenvalue weighted by Crippen LogP contribution is 2.51. The van der Waals surface area contributed by atoms with Crippen molar-refractivity contribution in [2.45, 2.75) is 58.0 Å². The van der Waals surface area contributed by atoms with Crippen LogP contribution in [0.2, 0.25) is 0 Å². The standard InChI is InChI=1S/C15H23N3/c1-2-15-17-12-9-16-6-5-13(12)18(15)14-8-10-3-4-11(14)7-10/h10-11,14,16H,2-9H2,1H3. The van der Waals surface area contributed by atoms with Crippen LogP contribution in [-0.2, 0) is 19.4 Å². The molecule has 0 aromatic carbocycles. The minimum atomic E-state index is 0.785. The van der Waals surface area contributed by atoms with Crippen LogP contribution in [0.15, 0.2) is 0 Å². The van der Waals surface area contributed by atoms with Gasteiger partial charge < -0.3 is 9.88 Å². The molecule has 0 spiro atoms. The van der Waals surface area contributed by atoms with Gasteiger partial charge in [-0.3, -0.25) is 0 Å². The van der Waals surface area contributed by atoms with Gasteiger partial charge in [0.2, 0.25) is 0 Å². The molecule has 3 heteroatoms. The van der Waals surface area contributed by atoms with E-state index in [0.29, 0.717) is 0 Å². The molecule has 98 valence electrons. The molecule has 1 aliphatic heterocycles. The summed E-state index contributed by atoms with van der Waals surface area (Å²) in [4.78, 5) is 4.90. The number of hydrogen-bond acceptors (Lipinski definition) is 2. The summed E-state index contributed by atoms with van der Waals surface area (Å²) in [6, 6.07) is 0.785. The molecule has 2 heterocycles. The number of imidazole rings is 1. The highest BCUT2D eigenvalue weighted by Gasteiger charge is 2.42. The number of hydrogen-bond donors (Lipinski definition) is 1. The summed E-state index contributed by atoms with van der Waals surface area (Å²) in [6.45, 7) is 4.36. The third-order valence-electron chi connectivity index (χ3n) is 5.35. The van der Waals surface area contributed by atoms with E-state index in [1.807, 2.05) is 0 Å². The minimum absolute atomic E-state index is 0.785. The minimum Gasteiger partial charge on any atom is -0.328 e. The smallest absolute Gasteiger partial charge is 0.109 e. The van der Waals surface area contributed by atoms with Crippen molar-refractivity contribution in [2.24, 2.45) is 11.8 Å². The first-order valence-corrected chi connectivity index (χ1v) is 7.66. The molecule has 18 heavy (non-hydrogen) atoms. The van der Waals surface area contributed by atoms with Gasteiger partial charge in [-0.25, -0.2) is 4.98 Å². The molecule has 3 atom stereocenters. The molecular weight excluding hydrogens is 222 g/mol. The number of aryl methyl sites for hydroxylation is 1. The van der Waals surface area contributed by atoms with Crippen LogP contribution in [-0.4, -0.2) is 16.1 Å². The maximum absolute atomic E-state index is 4.90. The van der Waals surface area contributed by atoms with Gasteiger partial charge in [0.15, 0.2) is 0 Å². The Kier molecular flexibility index (Phi) is 2.51. The van der Waals surface area contributed by atoms with Crippen molar-refractivity contribution in [3.05, 3.63) is 17.2 Å². The van der Waals surface area contributed by atoms with Gasteiger partial charge in [0.25, 0.3) is 0 Å². The third kappa shape index (κ3) is 1.49. The summed E-state index contributed by atoms with van der Waals surface area (Å²) in [7, 11) is 0. The van der Waals surface area contributed by atoms with Gasteiger partial charge in [-0.2, -0.15) is 0 Å². The third-order valence-corrected chi connectivity index (χ3v) is 5.35. The van der Waals surface area contributed by atoms with Crippen molar-refractivity contribution in [3.8, 4) is 0 Å². The summed E-state index contributed by atoms with van der Waals surface area (Å²) in [5, 5.41) is 3.45. The Morgan fingerprint density at radius 3 is 3.00 bits per heavy atom. The number of fused-ring (bicyclic) bond motifs is 3. The van der Waals surface area contributed by atoms with E-state index in [9.17, 15) is 0 Å².